The summed E-state index contributed by atoms with van der Waals surface area (Å²) in [6.45, 7) is 2.25. The molecule has 0 saturated heterocycles. The lowest BCUT2D eigenvalue weighted by atomic mass is 10.0. The third kappa shape index (κ3) is 8.59. The summed E-state index contributed by atoms with van der Waals surface area (Å²) in [5.41, 5.74) is 0. The number of carbonyl (C=O) groups excluding carboxylic acids is 5. The van der Waals surface area contributed by atoms with Crippen LogP contribution in [0.4, 0.5) is 0 Å². The van der Waals surface area contributed by atoms with E-state index < -0.39 is 54.9 Å². The van der Waals surface area contributed by atoms with Crippen LogP contribution in [0.15, 0.2) is 0 Å². The molecule has 1 N–H and O–H groups in total. The second-order valence-corrected chi connectivity index (χ2v) is 5.26. The van der Waals surface area contributed by atoms with Crippen molar-refractivity contribution in [3.05, 3.63) is 0 Å². The first-order chi connectivity index (χ1) is 11.7. The molecule has 0 aromatic carbocycles. The quantitative estimate of drug-likeness (QED) is 0.205. The van der Waals surface area contributed by atoms with Gasteiger partial charge in [0.1, 0.15) is 5.33 Å². The number of rotatable bonds is 10. The molecule has 25 heavy (non-hydrogen) atoms. The van der Waals surface area contributed by atoms with Gasteiger partial charge in [0, 0.05) is 20.8 Å². The Morgan fingerprint density at radius 1 is 0.920 bits per heavy atom. The van der Waals surface area contributed by atoms with Crippen molar-refractivity contribution in [3.63, 3.8) is 0 Å². The highest BCUT2D eigenvalue weighted by atomic mass is 79.9. The van der Waals surface area contributed by atoms with Gasteiger partial charge in [-0.3, -0.25) is 24.0 Å². The van der Waals surface area contributed by atoms with Crippen molar-refractivity contribution in [3.8, 4) is 0 Å². The van der Waals surface area contributed by atoms with Crippen LogP contribution in [0.5, 0.6) is 0 Å². The number of aldehydes is 1. The number of ether oxygens (including phenoxy) is 4. The van der Waals surface area contributed by atoms with Crippen LogP contribution < -0.4 is 0 Å². The normalized spacial score (nSPS) is 15.1. The predicted molar refractivity (Wildman–Crippen MR) is 83.5 cm³/mol. The van der Waals surface area contributed by atoms with E-state index in [9.17, 15) is 29.1 Å². The largest absolute Gasteiger partial charge is 0.456 e. The molecule has 0 bridgehead atoms. The molecule has 0 saturated carbocycles. The summed E-state index contributed by atoms with van der Waals surface area (Å²) in [4.78, 5) is 56.6. The SMILES string of the molecule is CC(=O)O[C@H]([C@H](OC(C)=O)[C@H](C=O)OC(=O)CBr)[C@@H](CO)OC(C)=O. The van der Waals surface area contributed by atoms with Crippen molar-refractivity contribution in [1.82, 2.24) is 0 Å². The number of hydrogen-bond acceptors (Lipinski definition) is 10. The molecule has 0 spiro atoms. The van der Waals surface area contributed by atoms with E-state index in [1.807, 2.05) is 0 Å². The van der Waals surface area contributed by atoms with Crippen molar-refractivity contribution in [2.75, 3.05) is 11.9 Å². The first-order valence-corrected chi connectivity index (χ1v) is 8.11. The van der Waals surface area contributed by atoms with E-state index >= 15 is 0 Å². The van der Waals surface area contributed by atoms with Gasteiger partial charge in [-0.05, 0) is 0 Å². The molecule has 4 atom stereocenters. The summed E-state index contributed by atoms with van der Waals surface area (Å²) < 4.78 is 19.5. The van der Waals surface area contributed by atoms with E-state index in [0.717, 1.165) is 20.8 Å². The number of halogens is 1. The topological polar surface area (TPSA) is 142 Å². The molecule has 0 aliphatic rings. The third-order valence-corrected chi connectivity index (χ3v) is 3.08. The van der Waals surface area contributed by atoms with E-state index in [-0.39, 0.29) is 11.6 Å². The number of hydrogen-bond donors (Lipinski definition) is 1. The Kier molecular flexibility index (Phi) is 10.6. The lowest BCUT2D eigenvalue weighted by Gasteiger charge is -2.33. The smallest absolute Gasteiger partial charge is 0.317 e. The van der Waals surface area contributed by atoms with E-state index in [0.29, 0.717) is 0 Å². The molecular weight excluding hydrogens is 408 g/mol. The molecule has 11 heteroatoms. The first kappa shape index (κ1) is 23.0. The number of esters is 4. The van der Waals surface area contributed by atoms with Crippen molar-refractivity contribution in [2.24, 2.45) is 0 Å². The molecule has 0 rings (SSSR count). The zero-order chi connectivity index (χ0) is 19.6. The van der Waals surface area contributed by atoms with E-state index in [4.69, 9.17) is 18.9 Å². The average molecular weight is 427 g/mol. The average Bonchev–Trinajstić information content (AvgIpc) is 2.52. The summed E-state index contributed by atoms with van der Waals surface area (Å²) in [6, 6.07) is 0. The number of carbonyl (C=O) groups is 5. The Balaban J connectivity index is 5.82. The zero-order valence-electron chi connectivity index (χ0n) is 13.8. The second-order valence-electron chi connectivity index (χ2n) is 4.70. The molecule has 0 aromatic rings. The third-order valence-electron chi connectivity index (χ3n) is 2.63. The maximum absolute atomic E-state index is 11.4. The van der Waals surface area contributed by atoms with Gasteiger partial charge in [0.2, 0.25) is 0 Å². The fourth-order valence-electron chi connectivity index (χ4n) is 1.84. The molecule has 0 amide bonds. The number of aliphatic hydroxyl groups is 1. The Morgan fingerprint density at radius 3 is 1.76 bits per heavy atom. The van der Waals surface area contributed by atoms with Crippen molar-refractivity contribution >= 4 is 46.1 Å². The van der Waals surface area contributed by atoms with Gasteiger partial charge in [-0.25, -0.2) is 0 Å². The monoisotopic (exact) mass is 426 g/mol. The predicted octanol–water partition coefficient (Wildman–Crippen LogP) is -0.721. The van der Waals surface area contributed by atoms with E-state index in [1.54, 1.807) is 0 Å². The van der Waals surface area contributed by atoms with Gasteiger partial charge in [0.05, 0.1) is 6.61 Å². The van der Waals surface area contributed by atoms with Crippen molar-refractivity contribution in [2.45, 2.75) is 45.2 Å². The Labute approximate surface area is 151 Å². The van der Waals surface area contributed by atoms with Gasteiger partial charge in [0.25, 0.3) is 0 Å². The lowest BCUT2D eigenvalue weighted by molar-refractivity contribution is -0.199. The van der Waals surface area contributed by atoms with Gasteiger partial charge < -0.3 is 24.1 Å². The molecule has 0 aliphatic heterocycles. The minimum absolute atomic E-state index is 0.160. The van der Waals surface area contributed by atoms with Gasteiger partial charge in [-0.2, -0.15) is 0 Å². The first-order valence-electron chi connectivity index (χ1n) is 6.99. The van der Waals surface area contributed by atoms with Gasteiger partial charge >= 0.3 is 23.9 Å². The number of alkyl halides is 1. The minimum Gasteiger partial charge on any atom is -0.456 e. The molecule has 0 aliphatic carbocycles. The Morgan fingerprint density at radius 2 is 1.40 bits per heavy atom. The fraction of sp³-hybridized carbons (Fsp3) is 0.643. The van der Waals surface area contributed by atoms with Gasteiger partial charge in [0.15, 0.2) is 30.7 Å². The van der Waals surface area contributed by atoms with Crippen LogP contribution in [0, 0.1) is 0 Å². The Bertz CT molecular complexity index is 506. The molecule has 142 valence electrons. The highest BCUT2D eigenvalue weighted by Crippen LogP contribution is 2.18. The van der Waals surface area contributed by atoms with Crippen LogP contribution in [0.1, 0.15) is 20.8 Å². The van der Waals surface area contributed by atoms with Crippen LogP contribution in [-0.4, -0.2) is 71.6 Å². The molecule has 10 nitrogen and oxygen atoms in total. The molecular formula is C14H19BrO10. The van der Waals surface area contributed by atoms with E-state index in [1.165, 1.54) is 0 Å². The zero-order valence-corrected chi connectivity index (χ0v) is 15.4. The van der Waals surface area contributed by atoms with Gasteiger partial charge in [-0.1, -0.05) is 15.9 Å². The maximum Gasteiger partial charge on any atom is 0.317 e. The van der Waals surface area contributed by atoms with Crippen molar-refractivity contribution < 1.29 is 48.0 Å². The second kappa shape index (κ2) is 11.5. The molecule has 0 radical (unpaired) electrons. The summed E-state index contributed by atoms with van der Waals surface area (Å²) in [5.74, 6) is -3.44. The Hall–Kier alpha value is -2.01. The summed E-state index contributed by atoms with van der Waals surface area (Å²) >= 11 is 2.83. The molecule has 0 unspecified atom stereocenters. The molecule has 0 heterocycles. The molecule has 0 fully saturated rings. The summed E-state index contributed by atoms with van der Waals surface area (Å²) in [5, 5.41) is 9.16. The maximum atomic E-state index is 11.4. The van der Waals surface area contributed by atoms with Crippen LogP contribution in [0.2, 0.25) is 0 Å². The summed E-state index contributed by atoms with van der Waals surface area (Å²) in [6.07, 6.45) is -6.20. The van der Waals surface area contributed by atoms with Crippen molar-refractivity contribution in [1.29, 1.82) is 0 Å². The number of aliphatic hydroxyl groups excluding tert-OH is 1. The van der Waals surface area contributed by atoms with E-state index in [2.05, 4.69) is 15.9 Å². The van der Waals surface area contributed by atoms with Crippen LogP contribution in [0.25, 0.3) is 0 Å². The lowest BCUT2D eigenvalue weighted by Crippen LogP contribution is -2.53. The standard InChI is InChI=1S/C14H19BrO10/c1-7(18)22-10(5-16)13(23-8(2)19)14(24-9(3)20)11(6-17)25-12(21)4-15/h6,10-11,13-14,16H,4-5H2,1-3H3/t10-,11+,13+,14-/m1/s1. The summed E-state index contributed by atoms with van der Waals surface area (Å²) in [7, 11) is 0. The minimum atomic E-state index is -1.66. The van der Waals surface area contributed by atoms with Crippen LogP contribution >= 0.6 is 15.9 Å². The van der Waals surface area contributed by atoms with Crippen LogP contribution in [-0.2, 0) is 42.9 Å². The van der Waals surface area contributed by atoms with Crippen LogP contribution in [0.3, 0.4) is 0 Å². The van der Waals surface area contributed by atoms with Gasteiger partial charge in [-0.15, -0.1) is 0 Å². The molecule has 0 aromatic heterocycles. The highest BCUT2D eigenvalue weighted by Gasteiger charge is 2.43. The fourth-order valence-corrected chi connectivity index (χ4v) is 1.97. The highest BCUT2D eigenvalue weighted by molar-refractivity contribution is 9.09.